The molecular weight excluding hydrogens is 481 g/mol. The number of anilines is 1. The summed E-state index contributed by atoms with van der Waals surface area (Å²) in [5, 5.41) is 10.2. The minimum atomic E-state index is -4.72. The Labute approximate surface area is 199 Å². The fraction of sp³-hybridized carbons (Fsp3) is 0.273. The Morgan fingerprint density at radius 3 is 2.56 bits per heavy atom. The number of hydrogen-bond donors (Lipinski definition) is 4. The molecule has 34 heavy (non-hydrogen) atoms. The third-order valence-corrected chi connectivity index (χ3v) is 6.88. The van der Waals surface area contributed by atoms with E-state index in [0.717, 1.165) is 16.2 Å². The number of nitrogens with zero attached hydrogens (tertiary/aromatic N) is 2. The molecule has 0 aliphatic carbocycles. The third kappa shape index (κ3) is 6.13. The smallest absolute Gasteiger partial charge is 0.390 e. The van der Waals surface area contributed by atoms with Gasteiger partial charge in [-0.15, -0.1) is 11.8 Å². The lowest BCUT2D eigenvalue weighted by Gasteiger charge is -2.17. The Balaban J connectivity index is 1.49. The van der Waals surface area contributed by atoms with E-state index in [1.807, 2.05) is 42.5 Å². The standard InChI is InChI=1S/C22H24N3O7PS/c23-21-17(15-6-8-16(9-7-15)34-13-14-4-2-1-3-5-14)11-25(22(27)24-21)20-10-18(26)19(32-20)12-31-33(28,29)30/h1-9,11,18-20,26H,10,12-13H2,(H2,23,24,27)(H2,28,29,30)/t18-,19+,20+/m0/s1. The zero-order valence-corrected chi connectivity index (χ0v) is 19.6. The molecule has 4 rings (SSSR count). The number of rotatable bonds is 8. The predicted molar refractivity (Wildman–Crippen MR) is 127 cm³/mol. The van der Waals surface area contributed by atoms with Gasteiger partial charge >= 0.3 is 13.5 Å². The highest BCUT2D eigenvalue weighted by molar-refractivity contribution is 7.98. The molecule has 1 saturated heterocycles. The van der Waals surface area contributed by atoms with Gasteiger partial charge in [0.15, 0.2) is 0 Å². The van der Waals surface area contributed by atoms with Crippen molar-refractivity contribution in [2.45, 2.75) is 35.5 Å². The Morgan fingerprint density at radius 1 is 1.18 bits per heavy atom. The zero-order valence-electron chi connectivity index (χ0n) is 17.9. The maximum Gasteiger partial charge on any atom is 0.469 e. The summed E-state index contributed by atoms with van der Waals surface area (Å²) in [6, 6.07) is 17.8. The average Bonchev–Trinajstić information content (AvgIpc) is 3.17. The quantitative estimate of drug-likeness (QED) is 0.265. The second kappa shape index (κ2) is 10.4. The predicted octanol–water partition coefficient (Wildman–Crippen LogP) is 2.54. The van der Waals surface area contributed by atoms with Crippen molar-refractivity contribution in [3.63, 3.8) is 0 Å². The summed E-state index contributed by atoms with van der Waals surface area (Å²) in [5.74, 6) is 0.897. The molecule has 1 aliphatic heterocycles. The number of nitrogens with two attached hydrogens (primary N) is 1. The molecule has 180 valence electrons. The largest absolute Gasteiger partial charge is 0.469 e. The lowest BCUT2D eigenvalue weighted by atomic mass is 10.1. The van der Waals surface area contributed by atoms with Gasteiger partial charge in [0, 0.05) is 28.8 Å². The van der Waals surface area contributed by atoms with Crippen LogP contribution in [0.5, 0.6) is 0 Å². The van der Waals surface area contributed by atoms with Crippen molar-refractivity contribution in [2.24, 2.45) is 0 Å². The molecule has 1 aliphatic rings. The number of nitrogen functional groups attached to an aromatic ring is 1. The lowest BCUT2D eigenvalue weighted by Crippen LogP contribution is -2.29. The molecule has 2 aromatic carbocycles. The van der Waals surface area contributed by atoms with Gasteiger partial charge in [0.2, 0.25) is 0 Å². The van der Waals surface area contributed by atoms with Crippen molar-refractivity contribution in [3.8, 4) is 11.1 Å². The van der Waals surface area contributed by atoms with Crippen LogP contribution in [0.3, 0.4) is 0 Å². The highest BCUT2D eigenvalue weighted by Crippen LogP contribution is 2.38. The van der Waals surface area contributed by atoms with E-state index in [-0.39, 0.29) is 12.2 Å². The van der Waals surface area contributed by atoms with E-state index in [1.165, 1.54) is 16.3 Å². The van der Waals surface area contributed by atoms with E-state index in [0.29, 0.717) is 5.56 Å². The van der Waals surface area contributed by atoms with Crippen LogP contribution in [-0.2, 0) is 19.6 Å². The number of phosphoric acid groups is 1. The third-order valence-electron chi connectivity index (χ3n) is 5.32. The van der Waals surface area contributed by atoms with E-state index in [9.17, 15) is 14.5 Å². The van der Waals surface area contributed by atoms with Gasteiger partial charge in [0.05, 0.1) is 12.7 Å². The van der Waals surface area contributed by atoms with Crippen LogP contribution in [-0.4, -0.2) is 43.3 Å². The van der Waals surface area contributed by atoms with Crippen LogP contribution in [0.4, 0.5) is 5.82 Å². The summed E-state index contributed by atoms with van der Waals surface area (Å²) in [7, 11) is -4.72. The van der Waals surface area contributed by atoms with Crippen LogP contribution in [0.2, 0.25) is 0 Å². The van der Waals surface area contributed by atoms with E-state index >= 15 is 0 Å². The molecule has 10 nitrogen and oxygen atoms in total. The molecule has 0 bridgehead atoms. The molecule has 0 amide bonds. The van der Waals surface area contributed by atoms with Crippen molar-refractivity contribution < 1.29 is 28.7 Å². The van der Waals surface area contributed by atoms with Crippen LogP contribution >= 0.6 is 19.6 Å². The molecule has 5 N–H and O–H groups in total. The SMILES string of the molecule is Nc1nc(=O)n([C@H]2C[C@H](O)[C@@H](COP(=O)(O)O)O2)cc1-c1ccc(SCc2ccccc2)cc1. The van der Waals surface area contributed by atoms with Gasteiger partial charge in [0.1, 0.15) is 18.1 Å². The van der Waals surface area contributed by atoms with E-state index in [1.54, 1.807) is 11.8 Å². The maximum atomic E-state index is 12.5. The number of ether oxygens (including phenoxy) is 1. The number of benzene rings is 2. The van der Waals surface area contributed by atoms with Crippen LogP contribution in [0, 0.1) is 0 Å². The van der Waals surface area contributed by atoms with Gasteiger partial charge in [0.25, 0.3) is 0 Å². The summed E-state index contributed by atoms with van der Waals surface area (Å²) < 4.78 is 22.2. The van der Waals surface area contributed by atoms with Gasteiger partial charge in [-0.2, -0.15) is 4.98 Å². The summed E-state index contributed by atoms with van der Waals surface area (Å²) in [4.78, 5) is 35.2. The molecule has 2 heterocycles. The zero-order chi connectivity index (χ0) is 24.3. The topological polar surface area (TPSA) is 157 Å². The highest BCUT2D eigenvalue weighted by Gasteiger charge is 2.37. The summed E-state index contributed by atoms with van der Waals surface area (Å²) in [5.41, 5.74) is 7.85. The van der Waals surface area contributed by atoms with Crippen LogP contribution in [0.15, 0.2) is 70.5 Å². The number of thioether (sulfide) groups is 1. The van der Waals surface area contributed by atoms with Gasteiger partial charge in [-0.25, -0.2) is 9.36 Å². The van der Waals surface area contributed by atoms with Gasteiger partial charge < -0.3 is 25.4 Å². The van der Waals surface area contributed by atoms with E-state index in [2.05, 4.69) is 21.6 Å². The number of aromatic nitrogens is 2. The first-order valence-electron chi connectivity index (χ1n) is 10.4. The van der Waals surface area contributed by atoms with Gasteiger partial charge in [-0.05, 0) is 23.3 Å². The molecule has 0 spiro atoms. The molecule has 0 radical (unpaired) electrons. The molecule has 12 heteroatoms. The molecule has 1 aromatic heterocycles. The van der Waals surface area contributed by atoms with Crippen molar-refractivity contribution >= 4 is 25.4 Å². The first-order valence-corrected chi connectivity index (χ1v) is 12.9. The fourth-order valence-electron chi connectivity index (χ4n) is 3.59. The number of hydrogen-bond acceptors (Lipinski definition) is 8. The summed E-state index contributed by atoms with van der Waals surface area (Å²) >= 11 is 1.70. The van der Waals surface area contributed by atoms with Crippen molar-refractivity contribution in [1.82, 2.24) is 9.55 Å². The Hall–Kier alpha value is -2.50. The second-order valence-corrected chi connectivity index (χ2v) is 10.0. The van der Waals surface area contributed by atoms with Crippen molar-refractivity contribution in [1.29, 1.82) is 0 Å². The highest BCUT2D eigenvalue weighted by atomic mass is 32.2. The van der Waals surface area contributed by atoms with Crippen LogP contribution in [0.25, 0.3) is 11.1 Å². The summed E-state index contributed by atoms with van der Waals surface area (Å²) in [6.45, 7) is -0.520. The molecule has 3 atom stereocenters. The second-order valence-electron chi connectivity index (χ2n) is 7.75. The number of phosphoric ester groups is 1. The maximum absolute atomic E-state index is 12.5. The van der Waals surface area contributed by atoms with E-state index < -0.39 is 38.6 Å². The monoisotopic (exact) mass is 505 g/mol. The van der Waals surface area contributed by atoms with Gasteiger partial charge in [-0.1, -0.05) is 42.5 Å². The first-order chi connectivity index (χ1) is 16.2. The molecule has 0 unspecified atom stereocenters. The fourth-order valence-corrected chi connectivity index (χ4v) is 4.78. The number of aliphatic hydroxyl groups is 1. The minimum absolute atomic E-state index is 0.0230. The van der Waals surface area contributed by atoms with E-state index in [4.69, 9.17) is 20.3 Å². The molecule has 1 fully saturated rings. The van der Waals surface area contributed by atoms with Gasteiger partial charge in [-0.3, -0.25) is 9.09 Å². The normalized spacial score (nSPS) is 20.5. The van der Waals surface area contributed by atoms with Crippen molar-refractivity contribution in [2.75, 3.05) is 12.3 Å². The molecule has 0 saturated carbocycles. The lowest BCUT2D eigenvalue weighted by molar-refractivity contribution is -0.0449. The van der Waals surface area contributed by atoms with Crippen molar-refractivity contribution in [3.05, 3.63) is 76.8 Å². The first kappa shape index (κ1) is 24.6. The number of aliphatic hydroxyl groups excluding tert-OH is 1. The minimum Gasteiger partial charge on any atom is -0.390 e. The van der Waals surface area contributed by atoms with Crippen LogP contribution in [0.1, 0.15) is 18.2 Å². The Morgan fingerprint density at radius 2 is 1.88 bits per heavy atom. The molecular formula is C22H24N3O7PS. The van der Waals surface area contributed by atoms with Crippen LogP contribution < -0.4 is 11.4 Å². The molecule has 3 aromatic rings. The average molecular weight is 505 g/mol. The Bertz CT molecular complexity index is 1230. The summed E-state index contributed by atoms with van der Waals surface area (Å²) in [6.07, 6.45) is -1.44. The Kier molecular flexibility index (Phi) is 7.54.